The Balaban J connectivity index is 5.08. The molecule has 0 aliphatic rings. The van der Waals surface area contributed by atoms with E-state index in [2.05, 4.69) is 0 Å². The van der Waals surface area contributed by atoms with E-state index < -0.39 is 20.4 Å². The first-order valence-electron chi connectivity index (χ1n) is 4.37. The molecule has 0 aliphatic heterocycles. The third kappa shape index (κ3) is 2.08. The molecule has 0 saturated carbocycles. The van der Waals surface area contributed by atoms with Crippen molar-refractivity contribution in [1.82, 2.24) is 0 Å². The zero-order valence-corrected chi connectivity index (χ0v) is 13.2. The fourth-order valence-corrected chi connectivity index (χ4v) is 6.03. The van der Waals surface area contributed by atoms with E-state index in [0.717, 1.165) is 9.76 Å². The average molecular weight is 240 g/mol. The Hall–Kier alpha value is 0.234. The molecule has 0 fully saturated rings. The summed E-state index contributed by atoms with van der Waals surface area (Å²) >= 11 is 0. The van der Waals surface area contributed by atoms with Crippen molar-refractivity contribution in [3.8, 4) is 0 Å². The Labute approximate surface area is 90.0 Å². The molecule has 5 nitrogen and oxygen atoms in total. The van der Waals surface area contributed by atoms with Crippen LogP contribution in [0.5, 0.6) is 0 Å². The Kier molecular flexibility index (Phi) is 6.06. The van der Waals surface area contributed by atoms with Gasteiger partial charge in [-0.25, -0.2) is 0 Å². The number of hydrogen-bond acceptors (Lipinski definition) is 5. The van der Waals surface area contributed by atoms with Crippen LogP contribution in [0.2, 0.25) is 0 Å². The van der Waals surface area contributed by atoms with E-state index in [9.17, 15) is 0 Å². The molecule has 0 rings (SSSR count). The molecule has 0 atom stereocenters. The lowest BCUT2D eigenvalue weighted by Gasteiger charge is -2.43. The van der Waals surface area contributed by atoms with Gasteiger partial charge < -0.3 is 23.7 Å². The Morgan fingerprint density at radius 3 is 1.21 bits per heavy atom. The molecular weight excluding hydrogens is 220 g/mol. The van der Waals surface area contributed by atoms with Crippen LogP contribution in [0.3, 0.4) is 0 Å². The van der Waals surface area contributed by atoms with Crippen molar-refractivity contribution < 1.29 is 23.7 Å². The molecule has 0 bridgehead atoms. The largest absolute Gasteiger partial charge is 0.351 e. The number of hydrogen-bond donors (Lipinski definition) is 0. The minimum atomic E-state index is -1.26. The van der Waals surface area contributed by atoms with Gasteiger partial charge in [0.15, 0.2) is 0 Å². The highest BCUT2D eigenvalue weighted by Crippen LogP contribution is 2.30. The van der Waals surface area contributed by atoms with E-state index in [1.54, 1.807) is 14.2 Å². The van der Waals surface area contributed by atoms with Gasteiger partial charge in [-0.3, -0.25) is 0 Å². The van der Waals surface area contributed by atoms with Gasteiger partial charge in [-0.05, 0) is 9.76 Å². The molecule has 0 N–H and O–H groups in total. The molecule has 0 aromatic rings. The number of methoxy groups -OCH3 is 5. The maximum atomic E-state index is 5.37. The predicted molar refractivity (Wildman–Crippen MR) is 59.0 cm³/mol. The second-order valence-corrected chi connectivity index (χ2v) is 6.44. The van der Waals surface area contributed by atoms with Crippen molar-refractivity contribution in [2.24, 2.45) is 0 Å². The normalized spacial score (nSPS) is 14.4. The van der Waals surface area contributed by atoms with Crippen molar-refractivity contribution in [2.45, 2.75) is 11.4 Å². The predicted octanol–water partition coefficient (Wildman–Crippen LogP) is -2.02. The highest BCUT2D eigenvalue weighted by atomic mass is 29.1. The Morgan fingerprint density at radius 2 is 1.14 bits per heavy atom. The third-order valence-corrected chi connectivity index (χ3v) is 7.13. The molecule has 0 spiro atoms. The summed E-state index contributed by atoms with van der Waals surface area (Å²) in [5, 5.41) is 0. The van der Waals surface area contributed by atoms with Crippen molar-refractivity contribution in [3.05, 3.63) is 0 Å². The van der Waals surface area contributed by atoms with Gasteiger partial charge in [-0.2, -0.15) is 0 Å². The summed E-state index contributed by atoms with van der Waals surface area (Å²) in [6, 6.07) is 0. The number of rotatable bonds is 7. The van der Waals surface area contributed by atoms with Gasteiger partial charge in [0, 0.05) is 35.5 Å². The monoisotopic (exact) mass is 240 g/mol. The van der Waals surface area contributed by atoms with Crippen molar-refractivity contribution in [2.75, 3.05) is 35.5 Å². The minimum absolute atomic E-state index is 0.597. The highest BCUT2D eigenvalue weighted by Gasteiger charge is 2.54. The fourth-order valence-electron chi connectivity index (χ4n) is 1.56. The molecule has 0 unspecified atom stereocenters. The molecule has 0 radical (unpaired) electrons. The molecule has 0 aromatic heterocycles. The molecular formula is C7H20O5Si2. The van der Waals surface area contributed by atoms with Crippen molar-refractivity contribution in [1.29, 1.82) is 0 Å². The van der Waals surface area contributed by atoms with Crippen LogP contribution < -0.4 is 0 Å². The van der Waals surface area contributed by atoms with Crippen LogP contribution in [0.15, 0.2) is 0 Å². The molecule has 0 amide bonds. The molecule has 86 valence electrons. The molecule has 0 heterocycles. The molecule has 0 aliphatic carbocycles. The van der Waals surface area contributed by atoms with Gasteiger partial charge in [0.2, 0.25) is 5.41 Å². The lowest BCUT2D eigenvalue weighted by molar-refractivity contribution is -0.448. The first-order chi connectivity index (χ1) is 6.61. The maximum absolute atomic E-state index is 5.37. The van der Waals surface area contributed by atoms with Gasteiger partial charge in [0.05, 0.1) is 9.04 Å². The van der Waals surface area contributed by atoms with Gasteiger partial charge in [0.1, 0.15) is 0 Å². The van der Waals surface area contributed by atoms with Crippen LogP contribution >= 0.6 is 0 Å². The van der Waals surface area contributed by atoms with E-state index in [4.69, 9.17) is 23.7 Å². The lowest BCUT2D eigenvalue weighted by atomic mass is 10.5. The van der Waals surface area contributed by atoms with E-state index >= 15 is 0 Å². The maximum Gasteiger partial charge on any atom is 0.334 e. The second kappa shape index (κ2) is 5.96. The van der Waals surface area contributed by atoms with Crippen LogP contribution in [0, 0.1) is 0 Å². The summed E-state index contributed by atoms with van der Waals surface area (Å²) in [7, 11) is 8.07. The Morgan fingerprint density at radius 1 is 0.786 bits per heavy atom. The van der Waals surface area contributed by atoms with Gasteiger partial charge in [-0.15, -0.1) is 0 Å². The minimum Gasteiger partial charge on any atom is -0.351 e. The summed E-state index contributed by atoms with van der Waals surface area (Å²) in [6.07, 6.45) is 0. The van der Waals surface area contributed by atoms with E-state index in [-0.39, 0.29) is 0 Å². The van der Waals surface area contributed by atoms with Gasteiger partial charge in [-0.1, -0.05) is 0 Å². The third-order valence-electron chi connectivity index (χ3n) is 2.40. The number of ether oxygens (including phenoxy) is 5. The molecule has 0 aromatic carbocycles. The SMILES string of the molecule is COC(OC)(OC)C(OC)(OC)[SiH2][SiH3]. The highest BCUT2D eigenvalue weighted by molar-refractivity contribution is 6.91. The van der Waals surface area contributed by atoms with Crippen LogP contribution in [0.4, 0.5) is 0 Å². The van der Waals surface area contributed by atoms with Crippen LogP contribution in [0.1, 0.15) is 0 Å². The van der Waals surface area contributed by atoms with E-state index in [0.29, 0.717) is 0 Å². The quantitative estimate of drug-likeness (QED) is 0.380. The second-order valence-electron chi connectivity index (χ2n) is 2.68. The topological polar surface area (TPSA) is 46.2 Å². The van der Waals surface area contributed by atoms with E-state index in [1.165, 1.54) is 21.3 Å². The van der Waals surface area contributed by atoms with Crippen LogP contribution in [0.25, 0.3) is 0 Å². The zero-order chi connectivity index (χ0) is 11.2. The summed E-state index contributed by atoms with van der Waals surface area (Å²) in [5.41, 5.74) is -0.878. The van der Waals surface area contributed by atoms with Gasteiger partial charge in [0.25, 0.3) is 0 Å². The summed E-state index contributed by atoms with van der Waals surface area (Å²) in [4.78, 5) is 0. The van der Waals surface area contributed by atoms with Crippen LogP contribution in [-0.4, -0.2) is 65.7 Å². The summed E-state index contributed by atoms with van der Waals surface area (Å²) in [6.45, 7) is 0. The smallest absolute Gasteiger partial charge is 0.334 e. The average Bonchev–Trinajstić information content (AvgIpc) is 2.27. The van der Waals surface area contributed by atoms with Crippen molar-refractivity contribution >= 4 is 18.8 Å². The first-order valence-corrected chi connectivity index (χ1v) is 10.7. The van der Waals surface area contributed by atoms with Crippen molar-refractivity contribution in [3.63, 3.8) is 0 Å². The molecule has 7 heteroatoms. The molecule has 0 saturated heterocycles. The molecule has 14 heavy (non-hydrogen) atoms. The fraction of sp³-hybridized carbons (Fsp3) is 1.00. The summed E-state index contributed by atoms with van der Waals surface area (Å²) in [5.74, 6) is -1.26. The lowest BCUT2D eigenvalue weighted by Crippen LogP contribution is -2.64. The zero-order valence-electron chi connectivity index (χ0n) is 9.75. The van der Waals surface area contributed by atoms with Gasteiger partial charge >= 0.3 is 5.97 Å². The van der Waals surface area contributed by atoms with Crippen LogP contribution in [-0.2, 0) is 23.7 Å². The Bertz CT molecular complexity index is 124. The summed E-state index contributed by atoms with van der Waals surface area (Å²) < 4.78 is 26.5. The van der Waals surface area contributed by atoms with E-state index in [1.807, 2.05) is 0 Å². The standard InChI is InChI=1S/C7H20O5Si2/c1-8-6(9-2,10-3)7(11-4,12-5)14-13/h14H2,1-5,13H3. The first kappa shape index (κ1) is 14.2.